The highest BCUT2D eigenvalue weighted by atomic mass is 14.4. The molecule has 0 amide bonds. The monoisotopic (exact) mass is 212 g/mol. The van der Waals surface area contributed by atoms with Gasteiger partial charge in [-0.1, -0.05) is 76.3 Å². The standard InChI is InChI=1S/C16H20/c1-15(2,3)16(4)11-9-13-7-5-6-8-14(13)10-12-16/h5-12H,1-4H3. The molecule has 0 radical (unpaired) electrons. The van der Waals surface area contributed by atoms with Gasteiger partial charge in [0.2, 0.25) is 0 Å². The van der Waals surface area contributed by atoms with Crippen LogP contribution in [0, 0.1) is 10.8 Å². The Kier molecular flexibility index (Phi) is 2.53. The van der Waals surface area contributed by atoms with E-state index in [-0.39, 0.29) is 10.8 Å². The fourth-order valence-corrected chi connectivity index (χ4v) is 1.90. The Bertz CT molecular complexity index is 408. The summed E-state index contributed by atoms with van der Waals surface area (Å²) in [5.41, 5.74) is 2.98. The van der Waals surface area contributed by atoms with Gasteiger partial charge in [0.1, 0.15) is 0 Å². The molecule has 1 aromatic rings. The van der Waals surface area contributed by atoms with Crippen LogP contribution < -0.4 is 0 Å². The summed E-state index contributed by atoms with van der Waals surface area (Å²) in [6.07, 6.45) is 9.16. The molecule has 0 nitrogen and oxygen atoms in total. The van der Waals surface area contributed by atoms with Crippen LogP contribution in [0.4, 0.5) is 0 Å². The van der Waals surface area contributed by atoms with Crippen molar-refractivity contribution < 1.29 is 0 Å². The summed E-state index contributed by atoms with van der Waals surface area (Å²) in [5.74, 6) is 0. The van der Waals surface area contributed by atoms with Gasteiger partial charge >= 0.3 is 0 Å². The van der Waals surface area contributed by atoms with E-state index in [1.54, 1.807) is 0 Å². The molecule has 1 aromatic carbocycles. The molecule has 84 valence electrons. The fourth-order valence-electron chi connectivity index (χ4n) is 1.90. The van der Waals surface area contributed by atoms with Crippen LogP contribution in [0.1, 0.15) is 38.8 Å². The van der Waals surface area contributed by atoms with Crippen LogP contribution in [0.3, 0.4) is 0 Å². The molecule has 1 aliphatic carbocycles. The van der Waals surface area contributed by atoms with Gasteiger partial charge < -0.3 is 0 Å². The van der Waals surface area contributed by atoms with Gasteiger partial charge in [0.15, 0.2) is 0 Å². The van der Waals surface area contributed by atoms with Gasteiger partial charge in [-0.05, 0) is 16.5 Å². The van der Waals surface area contributed by atoms with Gasteiger partial charge in [0.05, 0.1) is 0 Å². The minimum Gasteiger partial charge on any atom is -0.0737 e. The molecule has 0 saturated heterocycles. The van der Waals surface area contributed by atoms with E-state index >= 15 is 0 Å². The smallest absolute Gasteiger partial charge is 0.00877 e. The van der Waals surface area contributed by atoms with Gasteiger partial charge in [0.25, 0.3) is 0 Å². The number of rotatable bonds is 0. The lowest BCUT2D eigenvalue weighted by Crippen LogP contribution is -2.28. The van der Waals surface area contributed by atoms with Crippen molar-refractivity contribution >= 4 is 12.2 Å². The van der Waals surface area contributed by atoms with Crippen molar-refractivity contribution in [3.05, 3.63) is 47.5 Å². The molecule has 0 atom stereocenters. The van der Waals surface area contributed by atoms with Crippen LogP contribution in [0.2, 0.25) is 0 Å². The van der Waals surface area contributed by atoms with E-state index < -0.39 is 0 Å². The number of hydrogen-bond donors (Lipinski definition) is 0. The fraction of sp³-hybridized carbons (Fsp3) is 0.375. The van der Waals surface area contributed by atoms with Crippen LogP contribution in [-0.2, 0) is 0 Å². The Morgan fingerprint density at radius 2 is 1.31 bits per heavy atom. The highest BCUT2D eigenvalue weighted by Gasteiger charge is 2.33. The third kappa shape index (κ3) is 1.84. The summed E-state index contributed by atoms with van der Waals surface area (Å²) >= 11 is 0. The first-order valence-electron chi connectivity index (χ1n) is 5.90. The van der Waals surface area contributed by atoms with Crippen LogP contribution >= 0.6 is 0 Å². The third-order valence-corrected chi connectivity index (χ3v) is 3.83. The van der Waals surface area contributed by atoms with E-state index in [2.05, 4.69) is 76.3 Å². The maximum Gasteiger partial charge on any atom is 0.00877 e. The van der Waals surface area contributed by atoms with Crippen LogP contribution in [0.5, 0.6) is 0 Å². The van der Waals surface area contributed by atoms with E-state index in [9.17, 15) is 0 Å². The highest BCUT2D eigenvalue weighted by molar-refractivity contribution is 5.68. The van der Waals surface area contributed by atoms with E-state index in [1.165, 1.54) is 11.1 Å². The molecular formula is C16H20. The maximum absolute atomic E-state index is 2.33. The molecule has 0 heterocycles. The molecule has 0 fully saturated rings. The highest BCUT2D eigenvalue weighted by Crippen LogP contribution is 2.43. The summed E-state index contributed by atoms with van der Waals surface area (Å²) in [6, 6.07) is 8.53. The second-order valence-corrected chi connectivity index (χ2v) is 5.83. The third-order valence-electron chi connectivity index (χ3n) is 3.83. The van der Waals surface area contributed by atoms with Crippen LogP contribution in [0.25, 0.3) is 12.2 Å². The SMILES string of the molecule is CC(C)(C)C1(C)C=Cc2ccccc2C=C1. The van der Waals surface area contributed by atoms with Gasteiger partial charge in [-0.2, -0.15) is 0 Å². The second kappa shape index (κ2) is 3.62. The minimum absolute atomic E-state index is 0.117. The summed E-state index contributed by atoms with van der Waals surface area (Å²) in [6.45, 7) is 9.17. The van der Waals surface area contributed by atoms with Crippen molar-refractivity contribution in [2.24, 2.45) is 10.8 Å². The van der Waals surface area contributed by atoms with Crippen molar-refractivity contribution in [2.75, 3.05) is 0 Å². The summed E-state index contributed by atoms with van der Waals surface area (Å²) in [7, 11) is 0. The lowest BCUT2D eigenvalue weighted by atomic mass is 9.68. The zero-order valence-electron chi connectivity index (χ0n) is 10.6. The Balaban J connectivity index is 2.49. The molecule has 0 saturated carbocycles. The number of hydrogen-bond acceptors (Lipinski definition) is 0. The normalized spacial score (nSPS) is 18.0. The molecule has 1 aliphatic rings. The van der Waals surface area contributed by atoms with Crippen molar-refractivity contribution in [3.8, 4) is 0 Å². The zero-order chi connectivity index (χ0) is 11.8. The predicted octanol–water partition coefficient (Wildman–Crippen LogP) is 4.78. The molecule has 16 heavy (non-hydrogen) atoms. The van der Waals surface area contributed by atoms with Crippen molar-refractivity contribution in [3.63, 3.8) is 0 Å². The molecule has 0 bridgehead atoms. The van der Waals surface area contributed by atoms with Crippen molar-refractivity contribution in [1.29, 1.82) is 0 Å². The Morgan fingerprint density at radius 3 is 1.69 bits per heavy atom. The number of benzene rings is 1. The Morgan fingerprint density at radius 1 is 0.875 bits per heavy atom. The van der Waals surface area contributed by atoms with Crippen molar-refractivity contribution in [2.45, 2.75) is 27.7 Å². The average molecular weight is 212 g/mol. The van der Waals surface area contributed by atoms with E-state index in [0.29, 0.717) is 0 Å². The van der Waals surface area contributed by atoms with Crippen LogP contribution in [0.15, 0.2) is 36.4 Å². The minimum atomic E-state index is 0.117. The lowest BCUT2D eigenvalue weighted by molar-refractivity contribution is 0.230. The van der Waals surface area contributed by atoms with E-state index in [4.69, 9.17) is 0 Å². The summed E-state index contributed by atoms with van der Waals surface area (Å²) in [4.78, 5) is 0. The first-order valence-corrected chi connectivity index (χ1v) is 5.90. The van der Waals surface area contributed by atoms with Gasteiger partial charge in [0, 0.05) is 5.41 Å². The van der Waals surface area contributed by atoms with Gasteiger partial charge in [-0.3, -0.25) is 0 Å². The zero-order valence-corrected chi connectivity index (χ0v) is 10.6. The van der Waals surface area contributed by atoms with E-state index in [1.807, 2.05) is 0 Å². The molecular weight excluding hydrogens is 192 g/mol. The molecule has 0 aromatic heterocycles. The quantitative estimate of drug-likeness (QED) is 0.580. The Hall–Kier alpha value is -1.30. The molecule has 0 unspecified atom stereocenters. The summed E-state index contributed by atoms with van der Waals surface area (Å²) < 4.78 is 0. The molecule has 0 N–H and O–H groups in total. The largest absolute Gasteiger partial charge is 0.0737 e. The average Bonchev–Trinajstić information content (AvgIpc) is 2.39. The lowest BCUT2D eigenvalue weighted by Gasteiger charge is -2.36. The van der Waals surface area contributed by atoms with Crippen molar-refractivity contribution in [1.82, 2.24) is 0 Å². The first kappa shape index (κ1) is 11.2. The van der Waals surface area contributed by atoms with Gasteiger partial charge in [-0.15, -0.1) is 0 Å². The topological polar surface area (TPSA) is 0 Å². The molecule has 2 rings (SSSR count). The summed E-state index contributed by atoms with van der Waals surface area (Å²) in [5, 5.41) is 0. The second-order valence-electron chi connectivity index (χ2n) is 5.83. The first-order chi connectivity index (χ1) is 7.42. The predicted molar refractivity (Wildman–Crippen MR) is 72.1 cm³/mol. The maximum atomic E-state index is 2.33. The number of fused-ring (bicyclic) bond motifs is 1. The molecule has 0 heteroatoms. The molecule has 0 aliphatic heterocycles. The van der Waals surface area contributed by atoms with Gasteiger partial charge in [-0.25, -0.2) is 0 Å². The number of allylic oxidation sites excluding steroid dienone is 2. The Labute approximate surface area is 98.7 Å². The van der Waals surface area contributed by atoms with Crippen LogP contribution in [-0.4, -0.2) is 0 Å². The molecule has 0 spiro atoms. The van der Waals surface area contributed by atoms with E-state index in [0.717, 1.165) is 0 Å².